The molecule has 0 radical (unpaired) electrons. The van der Waals surface area contributed by atoms with Crippen LogP contribution in [0.2, 0.25) is 0 Å². The molecule has 0 saturated heterocycles. The molecule has 0 unspecified atom stereocenters. The predicted molar refractivity (Wildman–Crippen MR) is 85.0 cm³/mol. The second-order valence-corrected chi connectivity index (χ2v) is 6.56. The van der Waals surface area contributed by atoms with Crippen LogP contribution in [0.1, 0.15) is 20.3 Å². The van der Waals surface area contributed by atoms with Crippen LogP contribution in [0.3, 0.4) is 0 Å². The number of rotatable bonds is 9. The Labute approximate surface area is 139 Å². The van der Waals surface area contributed by atoms with E-state index in [1.807, 2.05) is 0 Å². The van der Waals surface area contributed by atoms with Crippen LogP contribution in [0.5, 0.6) is 0 Å². The third-order valence-electron chi connectivity index (χ3n) is 3.39. The van der Waals surface area contributed by atoms with Crippen molar-refractivity contribution in [3.63, 3.8) is 0 Å². The van der Waals surface area contributed by atoms with Gasteiger partial charge in [-0.15, -0.1) is 0 Å². The lowest BCUT2D eigenvalue weighted by Crippen LogP contribution is -2.31. The lowest BCUT2D eigenvalue weighted by Gasteiger charge is -2.23. The van der Waals surface area contributed by atoms with Gasteiger partial charge in [0.25, 0.3) is 15.8 Å². The van der Waals surface area contributed by atoms with Crippen LogP contribution >= 0.6 is 0 Å². The van der Waals surface area contributed by atoms with Crippen LogP contribution in [-0.4, -0.2) is 38.9 Å². The van der Waals surface area contributed by atoms with Crippen molar-refractivity contribution in [3.05, 3.63) is 34.4 Å². The Hall–Kier alpha value is -2.07. The molecule has 0 aliphatic heterocycles. The van der Waals surface area contributed by atoms with Crippen LogP contribution in [0.4, 0.5) is 10.1 Å². The van der Waals surface area contributed by atoms with Gasteiger partial charge >= 0.3 is 0 Å². The summed E-state index contributed by atoms with van der Waals surface area (Å²) < 4.78 is 43.6. The second kappa shape index (κ2) is 8.69. The van der Waals surface area contributed by atoms with E-state index in [2.05, 4.69) is 9.99 Å². The van der Waals surface area contributed by atoms with E-state index in [0.29, 0.717) is 0 Å². The Morgan fingerprint density at radius 3 is 2.42 bits per heavy atom. The molecule has 0 aromatic heterocycles. The van der Waals surface area contributed by atoms with Crippen molar-refractivity contribution in [2.75, 3.05) is 7.11 Å². The first-order valence-electron chi connectivity index (χ1n) is 7.11. The summed E-state index contributed by atoms with van der Waals surface area (Å²) in [4.78, 5) is 14.1. The second-order valence-electron chi connectivity index (χ2n) is 4.99. The van der Waals surface area contributed by atoms with Gasteiger partial charge in [0.05, 0.1) is 22.1 Å². The lowest BCUT2D eigenvalue weighted by molar-refractivity contribution is -0.384. The number of nitrogens with zero attached hydrogens (tertiary/aromatic N) is 2. The number of hydrogen-bond acceptors (Lipinski definition) is 7. The molecular weight excluding hydrogens is 343 g/mol. The number of halogens is 1. The molecule has 0 spiro atoms. The number of hydrogen-bond donors (Lipinski definition) is 0. The van der Waals surface area contributed by atoms with E-state index >= 15 is 0 Å². The fourth-order valence-electron chi connectivity index (χ4n) is 1.94. The fourth-order valence-corrected chi connectivity index (χ4v) is 3.16. The number of nitro benzene ring substituents is 1. The van der Waals surface area contributed by atoms with Crippen LogP contribution in [0.25, 0.3) is 0 Å². The van der Waals surface area contributed by atoms with Crippen molar-refractivity contribution in [1.82, 2.24) is 0 Å². The van der Waals surface area contributed by atoms with Crippen molar-refractivity contribution in [2.45, 2.75) is 37.4 Å². The standard InChI is InChI=1S/C14H19FN2O6S/c1-4-14(10(2)13(15)9-16-22-3)23-24(20,21)12-7-5-11(6-8-12)17(18)19/h5-10,13-14H,4H2,1-3H3/t10-,13+,14+/m0/s1. The topological polar surface area (TPSA) is 108 Å². The van der Waals surface area contributed by atoms with Crippen molar-refractivity contribution in [1.29, 1.82) is 0 Å². The monoisotopic (exact) mass is 362 g/mol. The van der Waals surface area contributed by atoms with Gasteiger partial charge in [-0.25, -0.2) is 4.39 Å². The van der Waals surface area contributed by atoms with Crippen molar-refractivity contribution in [2.24, 2.45) is 11.1 Å². The molecule has 0 aliphatic carbocycles. The molecule has 0 amide bonds. The molecule has 0 saturated carbocycles. The third kappa shape index (κ3) is 5.24. The van der Waals surface area contributed by atoms with Crippen LogP contribution in [-0.2, 0) is 19.1 Å². The number of oxime groups is 1. The number of non-ortho nitro benzene ring substituents is 1. The molecule has 24 heavy (non-hydrogen) atoms. The highest BCUT2D eigenvalue weighted by atomic mass is 32.2. The van der Waals surface area contributed by atoms with Gasteiger partial charge in [0, 0.05) is 18.1 Å². The SMILES string of the molecule is CC[C@@H](OS(=O)(=O)c1ccc([N+](=O)[O-])cc1)[C@@H](C)[C@H](F)C=NOC. The Morgan fingerprint density at radius 2 is 1.96 bits per heavy atom. The maximum Gasteiger partial charge on any atom is 0.297 e. The quantitative estimate of drug-likeness (QED) is 0.289. The average molecular weight is 362 g/mol. The minimum atomic E-state index is -4.18. The van der Waals surface area contributed by atoms with Crippen LogP contribution in [0.15, 0.2) is 34.3 Å². The lowest BCUT2D eigenvalue weighted by atomic mass is 9.98. The third-order valence-corrected chi connectivity index (χ3v) is 4.74. The fraction of sp³-hybridized carbons (Fsp3) is 0.500. The van der Waals surface area contributed by atoms with Gasteiger partial charge in [-0.1, -0.05) is 19.0 Å². The molecule has 0 heterocycles. The van der Waals surface area contributed by atoms with Gasteiger partial charge < -0.3 is 4.84 Å². The first kappa shape index (κ1) is 20.0. The molecule has 0 bridgehead atoms. The highest BCUT2D eigenvalue weighted by Crippen LogP contribution is 2.24. The zero-order chi connectivity index (χ0) is 18.3. The van der Waals surface area contributed by atoms with Gasteiger partial charge in [0.1, 0.15) is 13.3 Å². The molecule has 8 nitrogen and oxygen atoms in total. The summed E-state index contributed by atoms with van der Waals surface area (Å²) in [7, 11) is -2.91. The summed E-state index contributed by atoms with van der Waals surface area (Å²) in [5, 5.41) is 13.9. The minimum Gasteiger partial charge on any atom is -0.399 e. The van der Waals surface area contributed by atoms with Crippen LogP contribution < -0.4 is 0 Å². The molecule has 0 aliphatic rings. The largest absolute Gasteiger partial charge is 0.399 e. The number of alkyl halides is 1. The summed E-state index contributed by atoms with van der Waals surface area (Å²) >= 11 is 0. The molecule has 1 aromatic rings. The zero-order valence-electron chi connectivity index (χ0n) is 13.5. The summed E-state index contributed by atoms with van der Waals surface area (Å²) in [5.41, 5.74) is -0.242. The summed E-state index contributed by atoms with van der Waals surface area (Å²) in [6, 6.07) is 4.27. The maximum absolute atomic E-state index is 14.0. The molecule has 0 N–H and O–H groups in total. The van der Waals surface area contributed by atoms with Crippen LogP contribution in [0, 0.1) is 16.0 Å². The highest BCUT2D eigenvalue weighted by Gasteiger charge is 2.30. The molecule has 10 heteroatoms. The van der Waals surface area contributed by atoms with Crippen molar-refractivity contribution >= 4 is 22.0 Å². The number of benzene rings is 1. The van der Waals surface area contributed by atoms with Gasteiger partial charge in [-0.2, -0.15) is 8.42 Å². The van der Waals surface area contributed by atoms with E-state index in [1.165, 1.54) is 14.0 Å². The average Bonchev–Trinajstić information content (AvgIpc) is 2.56. The smallest absolute Gasteiger partial charge is 0.297 e. The summed E-state index contributed by atoms with van der Waals surface area (Å²) in [6.45, 7) is 3.15. The Bertz CT molecular complexity index is 677. The highest BCUT2D eigenvalue weighted by molar-refractivity contribution is 7.86. The summed E-state index contributed by atoms with van der Waals surface area (Å²) in [5.74, 6) is -0.790. The maximum atomic E-state index is 14.0. The molecular formula is C14H19FN2O6S. The predicted octanol–water partition coefficient (Wildman–Crippen LogP) is 2.69. The number of nitro groups is 1. The van der Waals surface area contributed by atoms with E-state index in [9.17, 15) is 22.9 Å². The molecule has 1 aromatic carbocycles. The van der Waals surface area contributed by atoms with Gasteiger partial charge in [0.15, 0.2) is 0 Å². The molecule has 134 valence electrons. The normalized spacial score (nSPS) is 15.8. The van der Waals surface area contributed by atoms with Gasteiger partial charge in [0.2, 0.25) is 0 Å². The molecule has 1 rings (SSSR count). The van der Waals surface area contributed by atoms with E-state index < -0.39 is 33.2 Å². The molecule has 3 atom stereocenters. The first-order valence-corrected chi connectivity index (χ1v) is 8.52. The summed E-state index contributed by atoms with van der Waals surface area (Å²) in [6.07, 6.45) is -1.31. The van der Waals surface area contributed by atoms with Crippen molar-refractivity contribution in [3.8, 4) is 0 Å². The van der Waals surface area contributed by atoms with E-state index in [4.69, 9.17) is 4.18 Å². The van der Waals surface area contributed by atoms with Crippen molar-refractivity contribution < 1.29 is 26.8 Å². The molecule has 0 fully saturated rings. The van der Waals surface area contributed by atoms with E-state index in [0.717, 1.165) is 30.5 Å². The Morgan fingerprint density at radius 1 is 1.38 bits per heavy atom. The van der Waals surface area contributed by atoms with Gasteiger partial charge in [-0.3, -0.25) is 14.3 Å². The van der Waals surface area contributed by atoms with E-state index in [1.54, 1.807) is 6.92 Å². The van der Waals surface area contributed by atoms with E-state index in [-0.39, 0.29) is 17.0 Å². The minimum absolute atomic E-state index is 0.236. The van der Waals surface area contributed by atoms with Gasteiger partial charge in [-0.05, 0) is 18.6 Å². The first-order chi connectivity index (χ1) is 11.2. The Kier molecular flexibility index (Phi) is 7.23. The zero-order valence-corrected chi connectivity index (χ0v) is 14.3. The Balaban J connectivity index is 2.93.